The molecule has 0 amide bonds. The van der Waals surface area contributed by atoms with E-state index in [9.17, 15) is 36.4 Å². The number of H-pyrrole nitrogens is 1. The molecule has 4 rings (SSSR count). The molecule has 6 nitrogen and oxygen atoms in total. The molecule has 0 bridgehead atoms. The lowest BCUT2D eigenvalue weighted by Gasteiger charge is -2.33. The number of nitriles is 1. The van der Waals surface area contributed by atoms with Gasteiger partial charge in [0, 0.05) is 25.2 Å². The van der Waals surface area contributed by atoms with Crippen molar-refractivity contribution in [2.24, 2.45) is 0 Å². The molecule has 1 fully saturated rings. The Morgan fingerprint density at radius 2 is 1.79 bits per heavy atom. The molecule has 174 valence electrons. The van der Waals surface area contributed by atoms with E-state index in [1.165, 1.54) is 6.07 Å². The Bertz CT molecular complexity index is 1310. The molecule has 0 spiro atoms. The maximum absolute atomic E-state index is 13.0. The minimum Gasteiger partial charge on any atom is -0.370 e. The first-order chi connectivity index (χ1) is 15.4. The van der Waals surface area contributed by atoms with Crippen LogP contribution in [0.4, 0.5) is 32.0 Å². The molecule has 0 aliphatic carbocycles. The molecule has 1 N–H and O–H groups in total. The van der Waals surface area contributed by atoms with Crippen molar-refractivity contribution >= 4 is 22.9 Å². The molecule has 0 radical (unpaired) electrons. The lowest BCUT2D eigenvalue weighted by molar-refractivity contribution is -0.139. The molecular formula is C20H14ClF6N5O. The van der Waals surface area contributed by atoms with Gasteiger partial charge in [-0.15, -0.1) is 0 Å². The van der Waals surface area contributed by atoms with Gasteiger partial charge in [-0.1, -0.05) is 11.6 Å². The van der Waals surface area contributed by atoms with Gasteiger partial charge in [0.25, 0.3) is 5.56 Å². The first-order valence-corrected chi connectivity index (χ1v) is 10.0. The SMILES string of the molecule is N#Cc1c(C2CCN(c3ccc(C(F)(F)F)cc3Cl)CC2)nn2c(=O)c(C(F)(F)F)c[nH]c12. The predicted octanol–water partition coefficient (Wildman–Crippen LogP) is 4.97. The van der Waals surface area contributed by atoms with Gasteiger partial charge in [0.1, 0.15) is 17.2 Å². The molecule has 0 atom stereocenters. The van der Waals surface area contributed by atoms with Gasteiger partial charge in [-0.3, -0.25) is 4.79 Å². The summed E-state index contributed by atoms with van der Waals surface area (Å²) in [6, 6.07) is 4.97. The lowest BCUT2D eigenvalue weighted by Crippen LogP contribution is -2.33. The van der Waals surface area contributed by atoms with Crippen LogP contribution in [0.25, 0.3) is 5.65 Å². The number of halogens is 7. The molecule has 3 aromatic rings. The number of rotatable bonds is 2. The zero-order valence-electron chi connectivity index (χ0n) is 16.6. The molecule has 1 aromatic carbocycles. The van der Waals surface area contributed by atoms with E-state index in [2.05, 4.69) is 10.1 Å². The second-order valence-corrected chi connectivity index (χ2v) is 7.97. The van der Waals surface area contributed by atoms with Gasteiger partial charge >= 0.3 is 12.4 Å². The predicted molar refractivity (Wildman–Crippen MR) is 106 cm³/mol. The van der Waals surface area contributed by atoms with Gasteiger partial charge in [0.05, 0.1) is 22.0 Å². The zero-order chi connectivity index (χ0) is 24.1. The highest BCUT2D eigenvalue weighted by molar-refractivity contribution is 6.33. The second kappa shape index (κ2) is 7.98. The molecule has 1 saturated heterocycles. The van der Waals surface area contributed by atoms with Crippen molar-refractivity contribution in [1.82, 2.24) is 14.6 Å². The summed E-state index contributed by atoms with van der Waals surface area (Å²) in [6.45, 7) is 0.715. The molecule has 0 unspecified atom stereocenters. The minimum atomic E-state index is -4.88. The van der Waals surface area contributed by atoms with Gasteiger partial charge in [-0.25, -0.2) is 0 Å². The Labute approximate surface area is 187 Å². The van der Waals surface area contributed by atoms with Crippen LogP contribution >= 0.6 is 11.6 Å². The Hall–Kier alpha value is -3.20. The monoisotopic (exact) mass is 489 g/mol. The molecule has 13 heteroatoms. The second-order valence-electron chi connectivity index (χ2n) is 7.56. The highest BCUT2D eigenvalue weighted by Crippen LogP contribution is 2.38. The third-order valence-electron chi connectivity index (χ3n) is 5.60. The number of benzene rings is 1. The quantitative estimate of drug-likeness (QED) is 0.516. The van der Waals surface area contributed by atoms with E-state index in [0.717, 1.165) is 12.1 Å². The first-order valence-electron chi connectivity index (χ1n) is 9.65. The highest BCUT2D eigenvalue weighted by atomic mass is 35.5. The van der Waals surface area contributed by atoms with Crippen molar-refractivity contribution in [3.8, 4) is 6.07 Å². The standard InChI is InChI=1S/C20H14ClF6N5O/c21-14-7-11(19(22,23)24)1-2-15(14)31-5-3-10(4-6-31)16-12(8-28)17-29-9-13(20(25,26)27)18(33)32(17)30-16/h1-2,7,9-10,29H,3-6H2. The van der Waals surface area contributed by atoms with E-state index in [4.69, 9.17) is 11.6 Å². The highest BCUT2D eigenvalue weighted by Gasteiger charge is 2.36. The number of aromatic amines is 1. The molecule has 0 saturated carbocycles. The number of alkyl halides is 6. The van der Waals surface area contributed by atoms with Crippen LogP contribution in [-0.2, 0) is 12.4 Å². The number of aromatic nitrogens is 3. The number of nitrogens with one attached hydrogen (secondary N) is 1. The Morgan fingerprint density at radius 1 is 1.12 bits per heavy atom. The van der Waals surface area contributed by atoms with E-state index in [-0.39, 0.29) is 27.8 Å². The van der Waals surface area contributed by atoms with Crippen molar-refractivity contribution in [3.05, 3.63) is 62.2 Å². The summed E-state index contributed by atoms with van der Waals surface area (Å²) >= 11 is 6.06. The summed E-state index contributed by atoms with van der Waals surface area (Å²) in [5.74, 6) is -0.342. The number of hydrogen-bond acceptors (Lipinski definition) is 4. The summed E-state index contributed by atoms with van der Waals surface area (Å²) in [4.78, 5) is 16.4. The van der Waals surface area contributed by atoms with Crippen LogP contribution in [0, 0.1) is 11.3 Å². The maximum Gasteiger partial charge on any atom is 0.423 e. The Balaban J connectivity index is 1.61. The summed E-state index contributed by atoms with van der Waals surface area (Å²) in [6.07, 6.45) is -8.09. The summed E-state index contributed by atoms with van der Waals surface area (Å²) < 4.78 is 78.3. The van der Waals surface area contributed by atoms with E-state index in [0.29, 0.717) is 42.3 Å². The van der Waals surface area contributed by atoms with Crippen molar-refractivity contribution in [3.63, 3.8) is 0 Å². The van der Waals surface area contributed by atoms with Crippen molar-refractivity contribution in [1.29, 1.82) is 5.26 Å². The van der Waals surface area contributed by atoms with Crippen molar-refractivity contribution in [2.45, 2.75) is 31.1 Å². The van der Waals surface area contributed by atoms with Crippen LogP contribution in [-0.4, -0.2) is 27.7 Å². The molecule has 1 aliphatic heterocycles. The van der Waals surface area contributed by atoms with Gasteiger partial charge in [-0.2, -0.15) is 41.2 Å². The van der Waals surface area contributed by atoms with Crippen molar-refractivity contribution < 1.29 is 26.3 Å². The van der Waals surface area contributed by atoms with Crippen LogP contribution in [0.2, 0.25) is 5.02 Å². The normalized spacial score (nSPS) is 15.8. The summed E-state index contributed by atoms with van der Waals surface area (Å²) in [5.41, 5.74) is -3.21. The number of hydrogen-bond donors (Lipinski definition) is 1. The van der Waals surface area contributed by atoms with Crippen LogP contribution in [0.15, 0.2) is 29.2 Å². The fourth-order valence-corrected chi connectivity index (χ4v) is 4.26. The number of piperidine rings is 1. The Kier molecular flexibility index (Phi) is 5.56. The van der Waals surface area contributed by atoms with Gasteiger partial charge in [-0.05, 0) is 31.0 Å². The third kappa shape index (κ3) is 4.13. The van der Waals surface area contributed by atoms with E-state index in [1.807, 2.05) is 6.07 Å². The largest absolute Gasteiger partial charge is 0.423 e. The lowest BCUT2D eigenvalue weighted by atomic mass is 9.91. The fraction of sp³-hybridized carbons (Fsp3) is 0.350. The van der Waals surface area contributed by atoms with E-state index >= 15 is 0 Å². The van der Waals surface area contributed by atoms with E-state index < -0.39 is 29.0 Å². The first kappa shape index (κ1) is 23.0. The molecule has 1 aliphatic rings. The molecule has 3 heterocycles. The van der Waals surface area contributed by atoms with Crippen LogP contribution < -0.4 is 10.5 Å². The van der Waals surface area contributed by atoms with Gasteiger partial charge < -0.3 is 9.88 Å². The fourth-order valence-electron chi connectivity index (χ4n) is 3.96. The topological polar surface area (TPSA) is 77.2 Å². The zero-order valence-corrected chi connectivity index (χ0v) is 17.3. The van der Waals surface area contributed by atoms with Crippen LogP contribution in [0.5, 0.6) is 0 Å². The average Bonchev–Trinajstić information content (AvgIpc) is 3.12. The van der Waals surface area contributed by atoms with Crippen LogP contribution in [0.3, 0.4) is 0 Å². The summed E-state index contributed by atoms with van der Waals surface area (Å²) in [7, 11) is 0. The van der Waals surface area contributed by atoms with Crippen LogP contribution in [0.1, 0.15) is 41.1 Å². The average molecular weight is 490 g/mol. The van der Waals surface area contributed by atoms with E-state index in [1.54, 1.807) is 4.90 Å². The molecule has 33 heavy (non-hydrogen) atoms. The molecule has 2 aromatic heterocycles. The maximum atomic E-state index is 13.0. The minimum absolute atomic E-state index is 0.0214. The third-order valence-corrected chi connectivity index (χ3v) is 5.91. The Morgan fingerprint density at radius 3 is 2.33 bits per heavy atom. The van der Waals surface area contributed by atoms with Gasteiger partial charge in [0.2, 0.25) is 0 Å². The summed E-state index contributed by atoms with van der Waals surface area (Å²) in [5, 5.41) is 13.5. The number of nitrogens with zero attached hydrogens (tertiary/aromatic N) is 4. The number of anilines is 1. The number of fused-ring (bicyclic) bond motifs is 1. The smallest absolute Gasteiger partial charge is 0.370 e. The van der Waals surface area contributed by atoms with Crippen molar-refractivity contribution in [2.75, 3.05) is 18.0 Å². The van der Waals surface area contributed by atoms with Gasteiger partial charge in [0.15, 0.2) is 5.65 Å². The molecular weight excluding hydrogens is 476 g/mol.